The van der Waals surface area contributed by atoms with Crippen molar-refractivity contribution in [3.63, 3.8) is 0 Å². The lowest BCUT2D eigenvalue weighted by Crippen LogP contribution is -2.40. The number of fused-ring (bicyclic) bond motifs is 1. The maximum Gasteiger partial charge on any atom is 0.233 e. The number of thioether (sulfide) groups is 1. The van der Waals surface area contributed by atoms with Crippen molar-refractivity contribution in [1.29, 1.82) is 0 Å². The zero-order chi connectivity index (χ0) is 17.2. The van der Waals surface area contributed by atoms with Crippen molar-refractivity contribution >= 4 is 56.8 Å². The molecule has 0 aromatic carbocycles. The maximum atomic E-state index is 12.9. The van der Waals surface area contributed by atoms with Crippen LogP contribution in [0, 0.1) is 0 Å². The molecule has 0 bridgehead atoms. The highest BCUT2D eigenvalue weighted by Crippen LogP contribution is 2.40. The molecule has 0 spiro atoms. The smallest absolute Gasteiger partial charge is 0.233 e. The molecule has 1 amide bonds. The van der Waals surface area contributed by atoms with E-state index in [-0.39, 0.29) is 11.9 Å². The molecule has 3 aromatic rings. The van der Waals surface area contributed by atoms with E-state index in [9.17, 15) is 4.79 Å². The van der Waals surface area contributed by atoms with Gasteiger partial charge in [-0.3, -0.25) is 4.79 Å². The average Bonchev–Trinajstić information content (AvgIpc) is 3.39. The molecule has 5 nitrogen and oxygen atoms in total. The highest BCUT2D eigenvalue weighted by atomic mass is 32.2. The molecule has 0 saturated heterocycles. The van der Waals surface area contributed by atoms with E-state index in [1.54, 1.807) is 22.7 Å². The predicted octanol–water partition coefficient (Wildman–Crippen LogP) is 3.97. The summed E-state index contributed by atoms with van der Waals surface area (Å²) in [5, 5.41) is 16.1. The highest BCUT2D eigenvalue weighted by Gasteiger charge is 2.33. The number of aromatic nitrogens is 2. The van der Waals surface area contributed by atoms with E-state index in [0.717, 1.165) is 22.4 Å². The van der Waals surface area contributed by atoms with Gasteiger partial charge in [-0.05, 0) is 34.9 Å². The average molecular weight is 409 g/mol. The van der Waals surface area contributed by atoms with Gasteiger partial charge < -0.3 is 10.2 Å². The summed E-state index contributed by atoms with van der Waals surface area (Å²) >= 11 is 6.44. The Balaban J connectivity index is 1.52. The predicted molar refractivity (Wildman–Crippen MR) is 106 cm³/mol. The van der Waals surface area contributed by atoms with Crippen LogP contribution in [-0.2, 0) is 11.2 Å². The molecular weight excluding hydrogens is 392 g/mol. The van der Waals surface area contributed by atoms with Gasteiger partial charge in [0.1, 0.15) is 0 Å². The van der Waals surface area contributed by atoms with E-state index in [4.69, 9.17) is 0 Å². The molecule has 9 heteroatoms. The van der Waals surface area contributed by atoms with Gasteiger partial charge in [-0.15, -0.1) is 32.9 Å². The molecule has 0 saturated carbocycles. The summed E-state index contributed by atoms with van der Waals surface area (Å²) in [7, 11) is 1.82. The minimum atomic E-state index is 0.0467. The normalized spacial score (nSPS) is 16.7. The quantitative estimate of drug-likeness (QED) is 0.648. The van der Waals surface area contributed by atoms with Gasteiger partial charge in [-0.2, -0.15) is 0 Å². The largest absolute Gasteiger partial charge is 0.363 e. The fourth-order valence-corrected chi connectivity index (χ4v) is 6.26. The number of amides is 1. The molecule has 3 aromatic heterocycles. The van der Waals surface area contributed by atoms with Gasteiger partial charge in [0.2, 0.25) is 11.0 Å². The molecule has 4 heterocycles. The third kappa shape index (κ3) is 3.46. The van der Waals surface area contributed by atoms with Crippen molar-refractivity contribution in [3.8, 4) is 0 Å². The van der Waals surface area contributed by atoms with Crippen LogP contribution in [-0.4, -0.2) is 40.3 Å². The summed E-state index contributed by atoms with van der Waals surface area (Å²) in [5.74, 6) is 0.543. The Bertz CT molecular complexity index is 857. The highest BCUT2D eigenvalue weighted by molar-refractivity contribution is 8.01. The lowest BCUT2D eigenvalue weighted by Gasteiger charge is -2.35. The Morgan fingerprint density at radius 1 is 1.36 bits per heavy atom. The van der Waals surface area contributed by atoms with E-state index in [0.29, 0.717) is 5.75 Å². The van der Waals surface area contributed by atoms with Gasteiger partial charge in [-0.25, -0.2) is 0 Å². The van der Waals surface area contributed by atoms with E-state index in [2.05, 4.69) is 44.5 Å². The van der Waals surface area contributed by atoms with Crippen LogP contribution in [0.1, 0.15) is 21.4 Å². The fourth-order valence-electron chi connectivity index (χ4n) is 2.91. The van der Waals surface area contributed by atoms with Crippen molar-refractivity contribution < 1.29 is 4.79 Å². The van der Waals surface area contributed by atoms with Gasteiger partial charge in [0.25, 0.3) is 0 Å². The number of anilines is 1. The standard InChI is InChI=1S/C16H16N4OS4/c1-17-15-18-19-16(25-15)24-9-13(21)20-6-4-11-10(5-8-23-11)14(20)12-3-2-7-22-12/h2-3,5,7-8,14H,4,6,9H2,1H3,(H,17,18). The van der Waals surface area contributed by atoms with E-state index < -0.39 is 0 Å². The Labute approximate surface area is 162 Å². The molecule has 0 radical (unpaired) electrons. The fraction of sp³-hybridized carbons (Fsp3) is 0.312. The van der Waals surface area contributed by atoms with E-state index >= 15 is 0 Å². The van der Waals surface area contributed by atoms with Crippen LogP contribution >= 0.6 is 45.8 Å². The van der Waals surface area contributed by atoms with Crippen molar-refractivity contribution in [2.75, 3.05) is 24.7 Å². The molecule has 1 N–H and O–H groups in total. The molecule has 1 unspecified atom stereocenters. The molecule has 4 rings (SSSR count). The summed E-state index contributed by atoms with van der Waals surface area (Å²) < 4.78 is 0.818. The Hall–Kier alpha value is -1.42. The van der Waals surface area contributed by atoms with E-state index in [1.807, 2.05) is 11.9 Å². The minimum absolute atomic E-state index is 0.0467. The molecule has 1 aliphatic heterocycles. The number of hydrogen-bond donors (Lipinski definition) is 1. The van der Waals surface area contributed by atoms with Gasteiger partial charge in [0, 0.05) is 23.3 Å². The van der Waals surface area contributed by atoms with Crippen molar-refractivity contribution in [1.82, 2.24) is 15.1 Å². The lowest BCUT2D eigenvalue weighted by atomic mass is 9.98. The third-order valence-electron chi connectivity index (χ3n) is 4.04. The van der Waals surface area contributed by atoms with Crippen LogP contribution in [0.3, 0.4) is 0 Å². The summed E-state index contributed by atoms with van der Waals surface area (Å²) in [5.41, 5.74) is 1.28. The first kappa shape index (κ1) is 17.0. The summed E-state index contributed by atoms with van der Waals surface area (Å²) in [4.78, 5) is 17.6. The number of carbonyl (C=O) groups is 1. The monoisotopic (exact) mass is 408 g/mol. The number of nitrogens with one attached hydrogen (secondary N) is 1. The Morgan fingerprint density at radius 3 is 3.04 bits per heavy atom. The van der Waals surface area contributed by atoms with Crippen LogP contribution in [0.25, 0.3) is 0 Å². The first-order valence-electron chi connectivity index (χ1n) is 7.79. The maximum absolute atomic E-state index is 12.9. The van der Waals surface area contributed by atoms with Crippen LogP contribution < -0.4 is 5.32 Å². The molecule has 0 fully saturated rings. The Kier molecular flexibility index (Phi) is 5.07. The zero-order valence-electron chi connectivity index (χ0n) is 13.5. The lowest BCUT2D eigenvalue weighted by molar-refractivity contribution is -0.130. The Morgan fingerprint density at radius 2 is 2.28 bits per heavy atom. The van der Waals surface area contributed by atoms with Crippen molar-refractivity contribution in [3.05, 3.63) is 44.3 Å². The molecule has 1 atom stereocenters. The van der Waals surface area contributed by atoms with Crippen LogP contribution in [0.2, 0.25) is 0 Å². The van der Waals surface area contributed by atoms with Gasteiger partial charge in [0.05, 0.1) is 11.8 Å². The van der Waals surface area contributed by atoms with E-state index in [1.165, 1.54) is 38.4 Å². The second-order valence-electron chi connectivity index (χ2n) is 5.47. The number of rotatable bonds is 5. The third-order valence-corrected chi connectivity index (χ3v) is 8.02. The second kappa shape index (κ2) is 7.45. The minimum Gasteiger partial charge on any atom is -0.363 e. The second-order valence-corrected chi connectivity index (χ2v) is 9.65. The number of nitrogens with zero attached hydrogens (tertiary/aromatic N) is 3. The van der Waals surface area contributed by atoms with Gasteiger partial charge in [-0.1, -0.05) is 29.2 Å². The summed E-state index contributed by atoms with van der Waals surface area (Å²) in [6, 6.07) is 6.39. The summed E-state index contributed by atoms with van der Waals surface area (Å²) in [6.45, 7) is 0.771. The first-order chi connectivity index (χ1) is 12.3. The first-order valence-corrected chi connectivity index (χ1v) is 11.4. The zero-order valence-corrected chi connectivity index (χ0v) is 16.7. The number of hydrogen-bond acceptors (Lipinski definition) is 8. The SMILES string of the molecule is CNc1nnc(SCC(=O)N2CCc3sccc3C2c2cccs2)s1. The molecule has 1 aliphatic rings. The topological polar surface area (TPSA) is 58.1 Å². The van der Waals surface area contributed by atoms with Crippen LogP contribution in [0.5, 0.6) is 0 Å². The molecular formula is C16H16N4OS4. The number of thiophene rings is 2. The van der Waals surface area contributed by atoms with Crippen LogP contribution in [0.4, 0.5) is 5.13 Å². The van der Waals surface area contributed by atoms with Crippen molar-refractivity contribution in [2.24, 2.45) is 0 Å². The van der Waals surface area contributed by atoms with Gasteiger partial charge in [0.15, 0.2) is 4.34 Å². The number of carbonyl (C=O) groups excluding carboxylic acids is 1. The van der Waals surface area contributed by atoms with Crippen molar-refractivity contribution in [2.45, 2.75) is 16.8 Å². The molecule has 0 aliphatic carbocycles. The summed E-state index contributed by atoms with van der Waals surface area (Å²) in [6.07, 6.45) is 0.938. The van der Waals surface area contributed by atoms with Gasteiger partial charge >= 0.3 is 0 Å². The molecule has 130 valence electrons. The molecule has 25 heavy (non-hydrogen) atoms. The van der Waals surface area contributed by atoms with Crippen LogP contribution in [0.15, 0.2) is 33.3 Å².